The number of hydrogen-bond donors (Lipinski definition) is 0. The Bertz CT molecular complexity index is 2050. The van der Waals surface area contributed by atoms with Gasteiger partial charge in [-0.2, -0.15) is 0 Å². The third-order valence-electron chi connectivity index (χ3n) is 9.02. The second-order valence-electron chi connectivity index (χ2n) is 11.8. The van der Waals surface area contributed by atoms with E-state index < -0.39 is 0 Å². The van der Waals surface area contributed by atoms with Gasteiger partial charge in [-0.25, -0.2) is 0 Å². The summed E-state index contributed by atoms with van der Waals surface area (Å²) in [5.74, 6) is 0. The normalized spacial score (nSPS) is 13.2. The second-order valence-corrected chi connectivity index (χ2v) is 11.8. The number of para-hydroxylation sites is 1. The minimum Gasteiger partial charge on any atom is -0.309 e. The van der Waals surface area contributed by atoms with Gasteiger partial charge in [0, 0.05) is 27.6 Å². The first-order valence-electron chi connectivity index (χ1n) is 14.7. The van der Waals surface area contributed by atoms with Gasteiger partial charge in [0.1, 0.15) is 0 Å². The fraction of sp³-hybridized carbons (Fsp3) is 0.0732. The van der Waals surface area contributed by atoms with Gasteiger partial charge in [-0.1, -0.05) is 129 Å². The van der Waals surface area contributed by atoms with E-state index in [2.05, 4.69) is 170 Å². The molecule has 7 aromatic carbocycles. The van der Waals surface area contributed by atoms with Crippen LogP contribution in [0.2, 0.25) is 0 Å². The van der Waals surface area contributed by atoms with Crippen molar-refractivity contribution in [2.45, 2.75) is 19.3 Å². The number of nitrogens with zero attached hydrogens (tertiary/aromatic N) is 1. The van der Waals surface area contributed by atoms with Crippen LogP contribution in [0, 0.1) is 0 Å². The van der Waals surface area contributed by atoms with Gasteiger partial charge in [-0.3, -0.25) is 0 Å². The first-order valence-corrected chi connectivity index (χ1v) is 14.7. The maximum absolute atomic E-state index is 2.41. The summed E-state index contributed by atoms with van der Waals surface area (Å²) in [7, 11) is 0. The Morgan fingerprint density at radius 2 is 0.976 bits per heavy atom. The van der Waals surface area contributed by atoms with Gasteiger partial charge in [-0.05, 0) is 80.6 Å². The molecular weight excluding hydrogens is 506 g/mol. The largest absolute Gasteiger partial charge is 0.309 e. The first kappa shape index (κ1) is 24.6. The predicted molar refractivity (Wildman–Crippen MR) is 179 cm³/mol. The molecule has 0 unspecified atom stereocenters. The first-order chi connectivity index (χ1) is 20.6. The average Bonchev–Trinajstić information content (AvgIpc) is 3.27. The summed E-state index contributed by atoms with van der Waals surface area (Å²) in [5, 5.41) is 4.96. The number of anilines is 3. The van der Waals surface area contributed by atoms with Crippen molar-refractivity contribution in [3.63, 3.8) is 0 Å². The number of fused-ring (bicyclic) bond motifs is 5. The van der Waals surface area contributed by atoms with E-state index in [1.807, 2.05) is 0 Å². The molecule has 0 atom stereocenters. The molecule has 1 nitrogen and oxygen atoms in total. The van der Waals surface area contributed by atoms with Gasteiger partial charge in [0.15, 0.2) is 0 Å². The molecule has 0 heterocycles. The predicted octanol–water partition coefficient (Wildman–Crippen LogP) is 11.4. The molecule has 1 heteroatoms. The molecule has 0 aliphatic heterocycles. The van der Waals surface area contributed by atoms with Crippen LogP contribution in [-0.4, -0.2) is 0 Å². The van der Waals surface area contributed by atoms with Crippen molar-refractivity contribution in [2.75, 3.05) is 4.90 Å². The van der Waals surface area contributed by atoms with Gasteiger partial charge >= 0.3 is 0 Å². The van der Waals surface area contributed by atoms with Gasteiger partial charge in [0.25, 0.3) is 0 Å². The van der Waals surface area contributed by atoms with Gasteiger partial charge < -0.3 is 4.90 Å². The quantitative estimate of drug-likeness (QED) is 0.202. The number of hydrogen-bond acceptors (Lipinski definition) is 1. The van der Waals surface area contributed by atoms with Crippen LogP contribution in [0.5, 0.6) is 0 Å². The summed E-state index contributed by atoms with van der Waals surface area (Å²) in [6.45, 7) is 4.69. The minimum atomic E-state index is -0.0125. The van der Waals surface area contributed by atoms with Gasteiger partial charge in [-0.15, -0.1) is 0 Å². The number of benzene rings is 7. The Morgan fingerprint density at radius 1 is 0.429 bits per heavy atom. The van der Waals surface area contributed by atoms with E-state index in [9.17, 15) is 0 Å². The molecule has 0 radical (unpaired) electrons. The highest BCUT2D eigenvalue weighted by molar-refractivity contribution is 6.14. The molecule has 1 aliphatic carbocycles. The standard InChI is InChI=1S/C41H31N/c1-41(2)38-19-11-10-18-36(38)37-25-22-29(27-39(37)41)28-20-23-33(24-21-28)42(32-14-4-3-5-15-32)40-34-16-8-6-12-30(34)26-31-13-7-9-17-35(31)40/h3-27H,1-2H3. The second kappa shape index (κ2) is 9.46. The Labute approximate surface area is 247 Å². The molecule has 8 rings (SSSR count). The molecule has 0 spiro atoms. The molecule has 0 saturated heterocycles. The van der Waals surface area contributed by atoms with Gasteiger partial charge in [0.2, 0.25) is 0 Å². The van der Waals surface area contributed by atoms with Crippen molar-refractivity contribution < 1.29 is 0 Å². The molecule has 0 aromatic heterocycles. The monoisotopic (exact) mass is 537 g/mol. The highest BCUT2D eigenvalue weighted by atomic mass is 15.1. The highest BCUT2D eigenvalue weighted by Crippen LogP contribution is 2.50. The molecule has 7 aromatic rings. The summed E-state index contributed by atoms with van der Waals surface area (Å²) in [6.07, 6.45) is 0. The zero-order valence-corrected chi connectivity index (χ0v) is 23.9. The van der Waals surface area contributed by atoms with Crippen LogP contribution in [0.15, 0.2) is 152 Å². The summed E-state index contributed by atoms with van der Waals surface area (Å²) in [6, 6.07) is 55.4. The Kier molecular flexibility index (Phi) is 5.55. The van der Waals surface area contributed by atoms with Crippen LogP contribution in [0.4, 0.5) is 17.1 Å². The SMILES string of the molecule is CC1(C)c2ccccc2-c2ccc(-c3ccc(N(c4ccccc4)c4c5ccccc5cc5ccccc45)cc3)cc21. The molecule has 0 amide bonds. The molecular formula is C41H31N. The molecule has 0 bridgehead atoms. The van der Waals surface area contributed by atoms with Crippen molar-refractivity contribution in [1.82, 2.24) is 0 Å². The van der Waals surface area contributed by atoms with Crippen LogP contribution < -0.4 is 4.90 Å². The molecule has 1 aliphatic rings. The lowest BCUT2D eigenvalue weighted by molar-refractivity contribution is 0.660. The summed E-state index contributed by atoms with van der Waals surface area (Å²) >= 11 is 0. The third kappa shape index (κ3) is 3.78. The van der Waals surface area contributed by atoms with E-state index in [1.54, 1.807) is 0 Å². The van der Waals surface area contributed by atoms with E-state index in [-0.39, 0.29) is 5.41 Å². The van der Waals surface area contributed by atoms with E-state index in [0.29, 0.717) is 0 Å². The highest BCUT2D eigenvalue weighted by Gasteiger charge is 2.35. The Balaban J connectivity index is 1.27. The smallest absolute Gasteiger partial charge is 0.0618 e. The Hall–Kier alpha value is -5.14. The lowest BCUT2D eigenvalue weighted by atomic mass is 9.81. The van der Waals surface area contributed by atoms with Crippen molar-refractivity contribution in [2.24, 2.45) is 0 Å². The summed E-state index contributed by atoms with van der Waals surface area (Å²) in [5.41, 5.74) is 11.5. The maximum Gasteiger partial charge on any atom is 0.0618 e. The Morgan fingerprint density at radius 3 is 1.69 bits per heavy atom. The van der Waals surface area contributed by atoms with Crippen LogP contribution in [0.25, 0.3) is 43.8 Å². The van der Waals surface area contributed by atoms with E-state index >= 15 is 0 Å². The fourth-order valence-corrected chi connectivity index (χ4v) is 6.90. The van der Waals surface area contributed by atoms with Crippen LogP contribution in [0.3, 0.4) is 0 Å². The van der Waals surface area contributed by atoms with Gasteiger partial charge in [0.05, 0.1) is 5.69 Å². The van der Waals surface area contributed by atoms with Crippen molar-refractivity contribution >= 4 is 38.6 Å². The van der Waals surface area contributed by atoms with E-state index in [4.69, 9.17) is 0 Å². The average molecular weight is 538 g/mol. The van der Waals surface area contributed by atoms with E-state index in [1.165, 1.54) is 60.6 Å². The van der Waals surface area contributed by atoms with Crippen LogP contribution in [0.1, 0.15) is 25.0 Å². The van der Waals surface area contributed by atoms with Crippen molar-refractivity contribution in [1.29, 1.82) is 0 Å². The van der Waals surface area contributed by atoms with Crippen molar-refractivity contribution in [3.8, 4) is 22.3 Å². The van der Waals surface area contributed by atoms with E-state index in [0.717, 1.165) is 11.4 Å². The topological polar surface area (TPSA) is 3.24 Å². The van der Waals surface area contributed by atoms with Crippen molar-refractivity contribution in [3.05, 3.63) is 163 Å². The minimum absolute atomic E-state index is 0.0125. The zero-order valence-electron chi connectivity index (χ0n) is 23.9. The maximum atomic E-state index is 2.41. The zero-order chi connectivity index (χ0) is 28.3. The lowest BCUT2D eigenvalue weighted by Crippen LogP contribution is -2.14. The molecule has 200 valence electrons. The summed E-state index contributed by atoms with van der Waals surface area (Å²) < 4.78 is 0. The lowest BCUT2D eigenvalue weighted by Gasteiger charge is -2.28. The third-order valence-corrected chi connectivity index (χ3v) is 9.02. The molecule has 42 heavy (non-hydrogen) atoms. The van der Waals surface area contributed by atoms with Crippen LogP contribution >= 0.6 is 0 Å². The summed E-state index contributed by atoms with van der Waals surface area (Å²) in [4.78, 5) is 2.41. The molecule has 0 N–H and O–H groups in total. The van der Waals surface area contributed by atoms with Crippen LogP contribution in [-0.2, 0) is 5.41 Å². The number of rotatable bonds is 4. The fourth-order valence-electron chi connectivity index (χ4n) is 6.90. The molecule has 0 saturated carbocycles. The molecule has 0 fully saturated rings.